The fourth-order valence-electron chi connectivity index (χ4n) is 5.49. The first-order valence-electron chi connectivity index (χ1n) is 10.9. The highest BCUT2D eigenvalue weighted by Crippen LogP contribution is 2.46. The maximum atomic E-state index is 13.2. The number of hydrogen-bond acceptors (Lipinski definition) is 3. The summed E-state index contributed by atoms with van der Waals surface area (Å²) in [7, 11) is 2.16. The van der Waals surface area contributed by atoms with Crippen LogP contribution in [0.2, 0.25) is 0 Å². The van der Waals surface area contributed by atoms with E-state index >= 15 is 0 Å². The topological polar surface area (TPSA) is 35.6 Å². The minimum atomic E-state index is 0.205. The highest BCUT2D eigenvalue weighted by atomic mass is 16.2. The second-order valence-electron chi connectivity index (χ2n) is 9.17. The fraction of sp³-hybridized carbons (Fsp3) is 0.696. The third kappa shape index (κ3) is 4.38. The van der Waals surface area contributed by atoms with Crippen molar-refractivity contribution >= 4 is 5.91 Å². The zero-order chi connectivity index (χ0) is 18.7. The van der Waals surface area contributed by atoms with Crippen LogP contribution in [-0.2, 0) is 4.79 Å². The number of amides is 1. The zero-order valence-electron chi connectivity index (χ0n) is 16.8. The van der Waals surface area contributed by atoms with Gasteiger partial charge >= 0.3 is 0 Å². The number of likely N-dealkylation sites (N-methyl/N-ethyl adjacent to an activating group) is 1. The summed E-state index contributed by atoms with van der Waals surface area (Å²) < 4.78 is 0. The Morgan fingerprint density at radius 1 is 1.07 bits per heavy atom. The summed E-state index contributed by atoms with van der Waals surface area (Å²) in [6, 6.07) is 10.8. The van der Waals surface area contributed by atoms with Gasteiger partial charge in [-0.3, -0.25) is 4.79 Å². The lowest BCUT2D eigenvalue weighted by Gasteiger charge is -2.44. The average Bonchev–Trinajstić information content (AvgIpc) is 2.71. The molecule has 1 N–H and O–H groups in total. The number of piperazine rings is 1. The molecule has 1 spiro atoms. The van der Waals surface area contributed by atoms with Crippen molar-refractivity contribution in [3.05, 3.63) is 35.9 Å². The van der Waals surface area contributed by atoms with Crippen molar-refractivity contribution in [2.75, 3.05) is 39.8 Å². The van der Waals surface area contributed by atoms with Crippen molar-refractivity contribution in [3.8, 4) is 0 Å². The Kier molecular flexibility index (Phi) is 5.84. The Balaban J connectivity index is 1.37. The van der Waals surface area contributed by atoms with Gasteiger partial charge in [0.2, 0.25) is 5.91 Å². The highest BCUT2D eigenvalue weighted by Gasteiger charge is 2.38. The number of nitrogens with one attached hydrogen (secondary N) is 1. The first kappa shape index (κ1) is 18.9. The van der Waals surface area contributed by atoms with E-state index in [1.807, 2.05) is 0 Å². The molecule has 1 aliphatic carbocycles. The van der Waals surface area contributed by atoms with Gasteiger partial charge in [0.25, 0.3) is 0 Å². The van der Waals surface area contributed by atoms with Crippen LogP contribution < -0.4 is 5.32 Å². The summed E-state index contributed by atoms with van der Waals surface area (Å²) in [6.45, 7) is 5.15. The minimum absolute atomic E-state index is 0.205. The molecule has 27 heavy (non-hydrogen) atoms. The standard InChI is InChI=1S/C23H35N3O/c1-25-15-16-26(21(18-25)20-5-3-2-4-6-20)22(27)17-19-7-9-23(10-8-19)11-13-24-14-12-23/h2-6,19,21,24H,7-18H2,1H3. The van der Waals surface area contributed by atoms with Gasteiger partial charge in [0, 0.05) is 26.1 Å². The van der Waals surface area contributed by atoms with Crippen LogP contribution in [0.5, 0.6) is 0 Å². The Morgan fingerprint density at radius 2 is 1.78 bits per heavy atom. The Hall–Kier alpha value is -1.39. The van der Waals surface area contributed by atoms with Crippen LogP contribution in [0, 0.1) is 11.3 Å². The Bertz CT molecular complexity index is 616. The first-order valence-corrected chi connectivity index (χ1v) is 10.9. The van der Waals surface area contributed by atoms with Crippen LogP contribution in [0.3, 0.4) is 0 Å². The van der Waals surface area contributed by atoms with Crippen molar-refractivity contribution < 1.29 is 4.79 Å². The smallest absolute Gasteiger partial charge is 0.223 e. The normalized spacial score (nSPS) is 27.0. The fourth-order valence-corrected chi connectivity index (χ4v) is 5.49. The molecule has 2 heterocycles. The van der Waals surface area contributed by atoms with Gasteiger partial charge in [-0.1, -0.05) is 30.3 Å². The minimum Gasteiger partial charge on any atom is -0.333 e. The summed E-state index contributed by atoms with van der Waals surface area (Å²) in [5, 5.41) is 3.50. The predicted octanol–water partition coefficient (Wildman–Crippen LogP) is 3.45. The molecule has 1 aromatic rings. The largest absolute Gasteiger partial charge is 0.333 e. The van der Waals surface area contributed by atoms with Gasteiger partial charge in [0.15, 0.2) is 0 Å². The third-order valence-electron chi connectivity index (χ3n) is 7.38. The lowest BCUT2D eigenvalue weighted by atomic mass is 9.65. The van der Waals surface area contributed by atoms with Gasteiger partial charge in [-0.25, -0.2) is 0 Å². The van der Waals surface area contributed by atoms with E-state index < -0.39 is 0 Å². The van der Waals surface area contributed by atoms with Gasteiger partial charge in [-0.2, -0.15) is 0 Å². The van der Waals surface area contributed by atoms with Crippen LogP contribution in [0.15, 0.2) is 30.3 Å². The van der Waals surface area contributed by atoms with Crippen LogP contribution in [-0.4, -0.2) is 55.5 Å². The number of rotatable bonds is 3. The van der Waals surface area contributed by atoms with Gasteiger partial charge in [0.05, 0.1) is 6.04 Å². The van der Waals surface area contributed by atoms with E-state index in [1.54, 1.807) is 0 Å². The number of hydrogen-bond donors (Lipinski definition) is 1. The summed E-state index contributed by atoms with van der Waals surface area (Å²) in [5.41, 5.74) is 1.86. The zero-order valence-corrected chi connectivity index (χ0v) is 16.8. The summed E-state index contributed by atoms with van der Waals surface area (Å²) in [5.74, 6) is 0.970. The molecule has 1 saturated carbocycles. The number of piperidine rings is 1. The molecule has 3 aliphatic rings. The van der Waals surface area contributed by atoms with Crippen LogP contribution in [0.4, 0.5) is 0 Å². The monoisotopic (exact) mass is 369 g/mol. The molecule has 3 fully saturated rings. The molecule has 1 aromatic carbocycles. The molecule has 2 aliphatic heterocycles. The maximum Gasteiger partial charge on any atom is 0.223 e. The van der Waals surface area contributed by atoms with Gasteiger partial charge < -0.3 is 15.1 Å². The Morgan fingerprint density at radius 3 is 2.48 bits per heavy atom. The van der Waals surface area contributed by atoms with Crippen molar-refractivity contribution in [1.82, 2.24) is 15.1 Å². The molecule has 1 atom stereocenters. The van der Waals surface area contributed by atoms with Crippen molar-refractivity contribution in [2.45, 2.75) is 51.0 Å². The van der Waals surface area contributed by atoms with Crippen LogP contribution in [0.1, 0.15) is 56.6 Å². The number of benzene rings is 1. The van der Waals surface area contributed by atoms with Crippen molar-refractivity contribution in [2.24, 2.45) is 11.3 Å². The van der Waals surface area contributed by atoms with E-state index in [1.165, 1.54) is 57.2 Å². The third-order valence-corrected chi connectivity index (χ3v) is 7.38. The molecule has 0 radical (unpaired) electrons. The van der Waals surface area contributed by atoms with E-state index in [9.17, 15) is 4.79 Å². The first-order chi connectivity index (χ1) is 13.2. The average molecular weight is 370 g/mol. The molecule has 0 bridgehead atoms. The predicted molar refractivity (Wildman–Crippen MR) is 110 cm³/mol. The van der Waals surface area contributed by atoms with Crippen LogP contribution >= 0.6 is 0 Å². The summed E-state index contributed by atoms with van der Waals surface area (Å²) in [4.78, 5) is 17.7. The van der Waals surface area contributed by atoms with E-state index in [-0.39, 0.29) is 6.04 Å². The molecule has 4 heteroatoms. The van der Waals surface area contributed by atoms with Gasteiger partial charge in [-0.15, -0.1) is 0 Å². The summed E-state index contributed by atoms with van der Waals surface area (Å²) >= 11 is 0. The molecule has 148 valence electrons. The van der Waals surface area contributed by atoms with Gasteiger partial charge in [-0.05, 0) is 75.6 Å². The summed E-state index contributed by atoms with van der Waals surface area (Å²) in [6.07, 6.45) is 8.58. The molecular formula is C23H35N3O. The van der Waals surface area contributed by atoms with E-state index in [0.29, 0.717) is 17.2 Å². The SMILES string of the molecule is CN1CCN(C(=O)CC2CCC3(CCNCC3)CC2)C(c2ccccc2)C1. The molecular weight excluding hydrogens is 334 g/mol. The number of carbonyl (C=O) groups is 1. The molecule has 1 unspecified atom stereocenters. The molecule has 0 aromatic heterocycles. The highest BCUT2D eigenvalue weighted by molar-refractivity contribution is 5.77. The second kappa shape index (κ2) is 8.32. The van der Waals surface area contributed by atoms with E-state index in [4.69, 9.17) is 0 Å². The van der Waals surface area contributed by atoms with E-state index in [0.717, 1.165) is 26.1 Å². The lowest BCUT2D eigenvalue weighted by Crippen LogP contribution is -2.49. The quantitative estimate of drug-likeness (QED) is 0.886. The lowest BCUT2D eigenvalue weighted by molar-refractivity contribution is -0.137. The second-order valence-corrected chi connectivity index (χ2v) is 9.17. The van der Waals surface area contributed by atoms with E-state index in [2.05, 4.69) is 52.5 Å². The molecule has 4 rings (SSSR count). The molecule has 2 saturated heterocycles. The Labute approximate surface area is 164 Å². The van der Waals surface area contributed by atoms with Crippen molar-refractivity contribution in [3.63, 3.8) is 0 Å². The number of carbonyl (C=O) groups excluding carboxylic acids is 1. The van der Waals surface area contributed by atoms with Crippen LogP contribution in [0.25, 0.3) is 0 Å². The molecule has 1 amide bonds. The van der Waals surface area contributed by atoms with Gasteiger partial charge in [0.1, 0.15) is 0 Å². The number of nitrogens with zero attached hydrogens (tertiary/aromatic N) is 2. The maximum absolute atomic E-state index is 13.2. The van der Waals surface area contributed by atoms with Crippen molar-refractivity contribution in [1.29, 1.82) is 0 Å². The molecule has 4 nitrogen and oxygen atoms in total.